The third-order valence-corrected chi connectivity index (χ3v) is 2.86. The van der Waals surface area contributed by atoms with Crippen LogP contribution in [-0.4, -0.2) is 10.9 Å². The standard InChI is InChI=1S/C11H9BrN2O2/c1-7-5-10(13-6-8(7)12)14-11(15)9-3-2-4-16-9/h2-6H,1H3,(H,13,14,15). The Labute approximate surface area is 101 Å². The first kappa shape index (κ1) is 10.9. The van der Waals surface area contributed by atoms with Gasteiger partial charge in [0.15, 0.2) is 5.76 Å². The summed E-state index contributed by atoms with van der Waals surface area (Å²) >= 11 is 3.34. The van der Waals surface area contributed by atoms with Gasteiger partial charge in [-0.2, -0.15) is 0 Å². The molecule has 16 heavy (non-hydrogen) atoms. The minimum Gasteiger partial charge on any atom is -0.459 e. The van der Waals surface area contributed by atoms with Crippen molar-refractivity contribution in [3.8, 4) is 0 Å². The summed E-state index contributed by atoms with van der Waals surface area (Å²) in [5.41, 5.74) is 1.00. The van der Waals surface area contributed by atoms with Gasteiger partial charge in [-0.15, -0.1) is 0 Å². The second-order valence-corrected chi connectivity index (χ2v) is 4.10. The number of aryl methyl sites for hydroxylation is 1. The van der Waals surface area contributed by atoms with Gasteiger partial charge in [0.2, 0.25) is 0 Å². The van der Waals surface area contributed by atoms with Gasteiger partial charge in [0.1, 0.15) is 5.82 Å². The van der Waals surface area contributed by atoms with Crippen molar-refractivity contribution in [2.24, 2.45) is 0 Å². The van der Waals surface area contributed by atoms with Crippen LogP contribution in [0, 0.1) is 6.92 Å². The Balaban J connectivity index is 2.15. The largest absolute Gasteiger partial charge is 0.459 e. The molecular formula is C11H9BrN2O2. The molecule has 0 radical (unpaired) electrons. The van der Waals surface area contributed by atoms with Gasteiger partial charge in [-0.3, -0.25) is 4.79 Å². The summed E-state index contributed by atoms with van der Waals surface area (Å²) in [6.45, 7) is 1.92. The highest BCUT2D eigenvalue weighted by Gasteiger charge is 2.09. The average molecular weight is 281 g/mol. The molecule has 0 aromatic carbocycles. The van der Waals surface area contributed by atoms with Crippen molar-refractivity contribution in [3.63, 3.8) is 0 Å². The van der Waals surface area contributed by atoms with Gasteiger partial charge in [-0.25, -0.2) is 4.98 Å². The molecule has 0 fully saturated rings. The summed E-state index contributed by atoms with van der Waals surface area (Å²) < 4.78 is 5.88. The minimum atomic E-state index is -0.306. The normalized spacial score (nSPS) is 10.1. The van der Waals surface area contributed by atoms with E-state index in [1.807, 2.05) is 6.92 Å². The number of nitrogens with one attached hydrogen (secondary N) is 1. The molecule has 0 bridgehead atoms. The van der Waals surface area contributed by atoms with E-state index in [0.717, 1.165) is 10.0 Å². The number of furan rings is 1. The molecule has 0 spiro atoms. The fourth-order valence-corrected chi connectivity index (χ4v) is 1.41. The zero-order chi connectivity index (χ0) is 11.5. The number of carbonyl (C=O) groups is 1. The van der Waals surface area contributed by atoms with Gasteiger partial charge in [0.25, 0.3) is 5.91 Å². The van der Waals surface area contributed by atoms with Crippen LogP contribution in [0.15, 0.2) is 39.5 Å². The molecule has 0 aliphatic rings. The summed E-state index contributed by atoms with van der Waals surface area (Å²) in [5.74, 6) is 0.462. The predicted octanol–water partition coefficient (Wildman–Crippen LogP) is 3.00. The summed E-state index contributed by atoms with van der Waals surface area (Å²) in [7, 11) is 0. The summed E-state index contributed by atoms with van der Waals surface area (Å²) in [5, 5.41) is 2.65. The Morgan fingerprint density at radius 1 is 1.56 bits per heavy atom. The number of halogens is 1. The van der Waals surface area contributed by atoms with Crippen molar-refractivity contribution in [1.29, 1.82) is 0 Å². The van der Waals surface area contributed by atoms with Crippen LogP contribution in [0.1, 0.15) is 16.1 Å². The Bertz CT molecular complexity index is 509. The molecule has 1 N–H and O–H groups in total. The molecule has 0 unspecified atom stereocenters. The van der Waals surface area contributed by atoms with E-state index in [9.17, 15) is 4.79 Å². The lowest BCUT2D eigenvalue weighted by Crippen LogP contribution is -2.12. The Morgan fingerprint density at radius 3 is 3.00 bits per heavy atom. The molecule has 0 saturated carbocycles. The molecular weight excluding hydrogens is 272 g/mol. The van der Waals surface area contributed by atoms with Crippen LogP contribution in [0.2, 0.25) is 0 Å². The molecule has 2 rings (SSSR count). The maximum absolute atomic E-state index is 11.6. The number of carbonyl (C=O) groups excluding carboxylic acids is 1. The van der Waals surface area contributed by atoms with E-state index >= 15 is 0 Å². The Morgan fingerprint density at radius 2 is 2.38 bits per heavy atom. The zero-order valence-electron chi connectivity index (χ0n) is 8.53. The lowest BCUT2D eigenvalue weighted by atomic mass is 10.3. The predicted molar refractivity (Wildman–Crippen MR) is 63.3 cm³/mol. The average Bonchev–Trinajstić information content (AvgIpc) is 2.77. The highest BCUT2D eigenvalue weighted by atomic mass is 79.9. The molecule has 0 saturated heterocycles. The SMILES string of the molecule is Cc1cc(NC(=O)c2ccco2)ncc1Br. The first-order valence-corrected chi connectivity index (χ1v) is 5.43. The number of aromatic nitrogens is 1. The summed E-state index contributed by atoms with van der Waals surface area (Å²) in [6.07, 6.45) is 3.10. The zero-order valence-corrected chi connectivity index (χ0v) is 10.1. The van der Waals surface area contributed by atoms with E-state index in [1.54, 1.807) is 24.4 Å². The molecule has 4 nitrogen and oxygen atoms in total. The van der Waals surface area contributed by atoms with E-state index in [-0.39, 0.29) is 11.7 Å². The van der Waals surface area contributed by atoms with Crippen LogP contribution in [0.3, 0.4) is 0 Å². The van der Waals surface area contributed by atoms with Crippen molar-refractivity contribution in [1.82, 2.24) is 4.98 Å². The van der Waals surface area contributed by atoms with Crippen molar-refractivity contribution in [2.45, 2.75) is 6.92 Å². The molecule has 1 amide bonds. The van der Waals surface area contributed by atoms with Crippen LogP contribution in [0.4, 0.5) is 5.82 Å². The quantitative estimate of drug-likeness (QED) is 0.920. The number of hydrogen-bond donors (Lipinski definition) is 1. The summed E-state index contributed by atoms with van der Waals surface area (Å²) in [4.78, 5) is 15.7. The number of rotatable bonds is 2. The maximum Gasteiger partial charge on any atom is 0.292 e. The number of nitrogens with zero attached hydrogens (tertiary/aromatic N) is 1. The fourth-order valence-electron chi connectivity index (χ4n) is 1.19. The van der Waals surface area contributed by atoms with Crippen LogP contribution in [0.25, 0.3) is 0 Å². The number of amides is 1. The van der Waals surface area contributed by atoms with Gasteiger partial charge in [-0.05, 0) is 46.6 Å². The monoisotopic (exact) mass is 280 g/mol. The topological polar surface area (TPSA) is 55.1 Å². The van der Waals surface area contributed by atoms with Crippen molar-refractivity contribution in [3.05, 3.63) is 46.5 Å². The molecule has 82 valence electrons. The lowest BCUT2D eigenvalue weighted by Gasteiger charge is -2.04. The molecule has 5 heteroatoms. The minimum absolute atomic E-state index is 0.266. The lowest BCUT2D eigenvalue weighted by molar-refractivity contribution is 0.0996. The van der Waals surface area contributed by atoms with E-state index in [1.165, 1.54) is 6.26 Å². The van der Waals surface area contributed by atoms with E-state index < -0.39 is 0 Å². The van der Waals surface area contributed by atoms with Crippen LogP contribution in [0.5, 0.6) is 0 Å². The second-order valence-electron chi connectivity index (χ2n) is 3.25. The van der Waals surface area contributed by atoms with Crippen molar-refractivity contribution >= 4 is 27.7 Å². The smallest absolute Gasteiger partial charge is 0.292 e. The van der Waals surface area contributed by atoms with E-state index in [2.05, 4.69) is 26.2 Å². The van der Waals surface area contributed by atoms with E-state index in [4.69, 9.17) is 4.42 Å². The summed E-state index contributed by atoms with van der Waals surface area (Å²) in [6, 6.07) is 5.04. The van der Waals surface area contributed by atoms with Gasteiger partial charge in [-0.1, -0.05) is 0 Å². The molecule has 0 aliphatic heterocycles. The highest BCUT2D eigenvalue weighted by Crippen LogP contribution is 2.17. The van der Waals surface area contributed by atoms with Crippen LogP contribution >= 0.6 is 15.9 Å². The molecule has 2 heterocycles. The van der Waals surface area contributed by atoms with Gasteiger partial charge in [0, 0.05) is 10.7 Å². The number of anilines is 1. The maximum atomic E-state index is 11.6. The molecule has 2 aromatic rings. The van der Waals surface area contributed by atoms with Crippen LogP contribution < -0.4 is 5.32 Å². The van der Waals surface area contributed by atoms with Crippen LogP contribution in [-0.2, 0) is 0 Å². The first-order valence-electron chi connectivity index (χ1n) is 4.64. The molecule has 2 aromatic heterocycles. The van der Waals surface area contributed by atoms with Gasteiger partial charge >= 0.3 is 0 Å². The van der Waals surface area contributed by atoms with E-state index in [0.29, 0.717) is 5.82 Å². The number of pyridine rings is 1. The third-order valence-electron chi connectivity index (χ3n) is 2.03. The highest BCUT2D eigenvalue weighted by molar-refractivity contribution is 9.10. The second kappa shape index (κ2) is 4.49. The first-order chi connectivity index (χ1) is 7.66. The van der Waals surface area contributed by atoms with Gasteiger partial charge in [0.05, 0.1) is 6.26 Å². The van der Waals surface area contributed by atoms with Crippen molar-refractivity contribution in [2.75, 3.05) is 5.32 Å². The van der Waals surface area contributed by atoms with Gasteiger partial charge < -0.3 is 9.73 Å². The Hall–Kier alpha value is -1.62. The number of hydrogen-bond acceptors (Lipinski definition) is 3. The van der Waals surface area contributed by atoms with Crippen molar-refractivity contribution < 1.29 is 9.21 Å². The third kappa shape index (κ3) is 2.30. The Kier molecular flexibility index (Phi) is 3.05. The fraction of sp³-hybridized carbons (Fsp3) is 0.0909. The molecule has 0 aliphatic carbocycles. The molecule has 0 atom stereocenters.